The molecule has 7 nitrogen and oxygen atoms in total. The number of hydrogen-bond donors (Lipinski definition) is 2. The van der Waals surface area contributed by atoms with Gasteiger partial charge in [-0.15, -0.1) is 0 Å². The Morgan fingerprint density at radius 3 is 2.79 bits per heavy atom. The summed E-state index contributed by atoms with van der Waals surface area (Å²) in [5.41, 5.74) is 1.04. The Labute approximate surface area is 164 Å². The molecule has 0 bridgehead atoms. The fourth-order valence-electron chi connectivity index (χ4n) is 2.87. The van der Waals surface area contributed by atoms with Crippen LogP contribution in [0, 0.1) is 0 Å². The zero-order valence-electron chi connectivity index (χ0n) is 16.2. The molecule has 7 heteroatoms. The van der Waals surface area contributed by atoms with E-state index in [4.69, 9.17) is 18.9 Å². The molecule has 0 spiro atoms. The van der Waals surface area contributed by atoms with Crippen molar-refractivity contribution in [2.45, 2.75) is 19.6 Å². The number of benzene rings is 2. The second kappa shape index (κ2) is 9.85. The molecule has 1 unspecified atom stereocenters. The van der Waals surface area contributed by atoms with Gasteiger partial charge in [0.05, 0.1) is 7.11 Å². The Morgan fingerprint density at radius 2 is 2.00 bits per heavy atom. The molecule has 2 aromatic rings. The van der Waals surface area contributed by atoms with Gasteiger partial charge < -0.3 is 29.6 Å². The van der Waals surface area contributed by atoms with Crippen molar-refractivity contribution in [3.8, 4) is 23.0 Å². The summed E-state index contributed by atoms with van der Waals surface area (Å²) in [4.78, 5) is 11.5. The van der Waals surface area contributed by atoms with Gasteiger partial charge in [0.25, 0.3) is 5.91 Å². The quantitative estimate of drug-likeness (QED) is 0.688. The van der Waals surface area contributed by atoms with Gasteiger partial charge in [-0.25, -0.2) is 0 Å². The molecule has 0 saturated carbocycles. The predicted molar refractivity (Wildman–Crippen MR) is 105 cm³/mol. The first-order valence-electron chi connectivity index (χ1n) is 9.35. The summed E-state index contributed by atoms with van der Waals surface area (Å²) in [5, 5.41) is 6.07. The van der Waals surface area contributed by atoms with Crippen molar-refractivity contribution < 1.29 is 23.7 Å². The molecule has 28 heavy (non-hydrogen) atoms. The minimum absolute atomic E-state index is 0.0394. The SMILES string of the molecule is CCNC(=O)COc1ccc(CNCC2COc3ccccc3O2)cc1OC. The molecule has 0 aliphatic carbocycles. The Kier molecular flexibility index (Phi) is 6.97. The molecule has 150 valence electrons. The van der Waals surface area contributed by atoms with Gasteiger partial charge in [-0.1, -0.05) is 18.2 Å². The molecule has 2 N–H and O–H groups in total. The number of likely N-dealkylation sites (N-methyl/N-ethyl adjacent to an activating group) is 1. The lowest BCUT2D eigenvalue weighted by Gasteiger charge is -2.26. The van der Waals surface area contributed by atoms with E-state index in [-0.39, 0.29) is 18.6 Å². The van der Waals surface area contributed by atoms with Crippen molar-refractivity contribution in [1.82, 2.24) is 10.6 Å². The summed E-state index contributed by atoms with van der Waals surface area (Å²) in [6.45, 7) is 4.22. The number of nitrogens with one attached hydrogen (secondary N) is 2. The van der Waals surface area contributed by atoms with Crippen LogP contribution in [0.15, 0.2) is 42.5 Å². The third kappa shape index (κ3) is 5.29. The highest BCUT2D eigenvalue weighted by Gasteiger charge is 2.20. The minimum Gasteiger partial charge on any atom is -0.493 e. The van der Waals surface area contributed by atoms with Crippen molar-refractivity contribution in [3.05, 3.63) is 48.0 Å². The Balaban J connectivity index is 1.49. The molecule has 1 aliphatic rings. The number of methoxy groups -OCH3 is 1. The van der Waals surface area contributed by atoms with Crippen molar-refractivity contribution in [2.75, 3.05) is 33.4 Å². The highest BCUT2D eigenvalue weighted by molar-refractivity contribution is 5.77. The van der Waals surface area contributed by atoms with Crippen LogP contribution in [0.25, 0.3) is 0 Å². The summed E-state index contributed by atoms with van der Waals surface area (Å²) in [6, 6.07) is 13.3. The zero-order chi connectivity index (χ0) is 19.8. The van der Waals surface area contributed by atoms with E-state index >= 15 is 0 Å². The second-order valence-electron chi connectivity index (χ2n) is 6.36. The summed E-state index contributed by atoms with van der Waals surface area (Å²) >= 11 is 0. The third-order valence-electron chi connectivity index (χ3n) is 4.23. The first-order chi connectivity index (χ1) is 13.7. The number of fused-ring (bicyclic) bond motifs is 1. The molecule has 2 aromatic carbocycles. The standard InChI is InChI=1S/C21H26N2O5/c1-3-23-21(24)14-27-18-9-8-15(10-20(18)25-2)11-22-12-16-13-26-17-6-4-5-7-19(17)28-16/h4-10,16,22H,3,11-14H2,1-2H3,(H,23,24). The fourth-order valence-corrected chi connectivity index (χ4v) is 2.87. The van der Waals surface area contributed by atoms with Crippen molar-refractivity contribution in [2.24, 2.45) is 0 Å². The van der Waals surface area contributed by atoms with Crippen molar-refractivity contribution >= 4 is 5.91 Å². The first-order valence-corrected chi connectivity index (χ1v) is 9.35. The smallest absolute Gasteiger partial charge is 0.257 e. The van der Waals surface area contributed by atoms with E-state index in [2.05, 4.69) is 10.6 Å². The van der Waals surface area contributed by atoms with E-state index in [1.54, 1.807) is 7.11 Å². The van der Waals surface area contributed by atoms with Gasteiger partial charge in [0.1, 0.15) is 12.7 Å². The average Bonchev–Trinajstić information content (AvgIpc) is 2.72. The van der Waals surface area contributed by atoms with E-state index in [1.807, 2.05) is 49.4 Å². The molecule has 0 aromatic heterocycles. The van der Waals surface area contributed by atoms with E-state index in [0.29, 0.717) is 37.7 Å². The largest absolute Gasteiger partial charge is 0.493 e. The molecular weight excluding hydrogens is 360 g/mol. The van der Waals surface area contributed by atoms with Crippen LogP contribution in [-0.2, 0) is 11.3 Å². The van der Waals surface area contributed by atoms with Gasteiger partial charge in [-0.2, -0.15) is 0 Å². The second-order valence-corrected chi connectivity index (χ2v) is 6.36. The minimum atomic E-state index is -0.161. The molecule has 1 atom stereocenters. The fraction of sp³-hybridized carbons (Fsp3) is 0.381. The molecule has 3 rings (SSSR count). The van der Waals surface area contributed by atoms with Crippen LogP contribution in [0.5, 0.6) is 23.0 Å². The van der Waals surface area contributed by atoms with Crippen molar-refractivity contribution in [1.29, 1.82) is 0 Å². The van der Waals surface area contributed by atoms with E-state index in [9.17, 15) is 4.79 Å². The van der Waals surface area contributed by atoms with Crippen LogP contribution in [0.1, 0.15) is 12.5 Å². The lowest BCUT2D eigenvalue weighted by Crippen LogP contribution is -2.38. The van der Waals surface area contributed by atoms with Gasteiger partial charge in [0.15, 0.2) is 29.6 Å². The number of hydrogen-bond acceptors (Lipinski definition) is 6. The molecule has 1 amide bonds. The maximum absolute atomic E-state index is 11.5. The van der Waals surface area contributed by atoms with Gasteiger partial charge in [0, 0.05) is 19.6 Å². The Morgan fingerprint density at radius 1 is 1.18 bits per heavy atom. The molecule has 1 aliphatic heterocycles. The number of carbonyl (C=O) groups is 1. The van der Waals surface area contributed by atoms with Crippen LogP contribution in [0.3, 0.4) is 0 Å². The molecule has 0 saturated heterocycles. The van der Waals surface area contributed by atoms with Crippen LogP contribution in [0.2, 0.25) is 0 Å². The van der Waals surface area contributed by atoms with Crippen LogP contribution >= 0.6 is 0 Å². The van der Waals surface area contributed by atoms with E-state index in [1.165, 1.54) is 0 Å². The maximum atomic E-state index is 11.5. The predicted octanol–water partition coefficient (Wildman–Crippen LogP) is 2.14. The molecule has 1 heterocycles. The molecule has 0 radical (unpaired) electrons. The lowest BCUT2D eigenvalue weighted by atomic mass is 10.2. The van der Waals surface area contributed by atoms with Crippen LogP contribution < -0.4 is 29.6 Å². The zero-order valence-corrected chi connectivity index (χ0v) is 16.2. The van der Waals surface area contributed by atoms with Gasteiger partial charge in [-0.3, -0.25) is 4.79 Å². The summed E-state index contributed by atoms with van der Waals surface area (Å²) in [6.07, 6.45) is -0.0449. The summed E-state index contributed by atoms with van der Waals surface area (Å²) in [7, 11) is 1.58. The average molecular weight is 386 g/mol. The van der Waals surface area contributed by atoms with E-state index in [0.717, 1.165) is 17.1 Å². The molecule has 0 fully saturated rings. The number of para-hydroxylation sites is 2. The highest BCUT2D eigenvalue weighted by atomic mass is 16.6. The summed E-state index contributed by atoms with van der Waals surface area (Å²) < 4.78 is 22.6. The number of carbonyl (C=O) groups excluding carboxylic acids is 1. The third-order valence-corrected chi connectivity index (χ3v) is 4.23. The lowest BCUT2D eigenvalue weighted by molar-refractivity contribution is -0.123. The normalized spacial score (nSPS) is 15.0. The van der Waals surface area contributed by atoms with Crippen LogP contribution in [0.4, 0.5) is 0 Å². The van der Waals surface area contributed by atoms with Gasteiger partial charge in [-0.05, 0) is 36.8 Å². The first kappa shape index (κ1) is 19.8. The van der Waals surface area contributed by atoms with Crippen LogP contribution in [-0.4, -0.2) is 45.4 Å². The number of rotatable bonds is 9. The Bertz CT molecular complexity index is 796. The summed E-state index contributed by atoms with van der Waals surface area (Å²) in [5.74, 6) is 2.53. The number of amides is 1. The topological polar surface area (TPSA) is 78.1 Å². The maximum Gasteiger partial charge on any atom is 0.257 e. The Hall–Kier alpha value is -2.93. The molecular formula is C21H26N2O5. The van der Waals surface area contributed by atoms with Gasteiger partial charge >= 0.3 is 0 Å². The van der Waals surface area contributed by atoms with Gasteiger partial charge in [0.2, 0.25) is 0 Å². The van der Waals surface area contributed by atoms with E-state index < -0.39 is 0 Å². The van der Waals surface area contributed by atoms with Crippen molar-refractivity contribution in [3.63, 3.8) is 0 Å². The number of ether oxygens (including phenoxy) is 4. The highest BCUT2D eigenvalue weighted by Crippen LogP contribution is 2.31. The monoisotopic (exact) mass is 386 g/mol.